The molecule has 0 N–H and O–H groups in total. The monoisotopic (exact) mass is 417 g/mol. The summed E-state index contributed by atoms with van der Waals surface area (Å²) in [4.78, 5) is 23.0. The van der Waals surface area contributed by atoms with Crippen LogP contribution < -0.4 is 9.64 Å². The van der Waals surface area contributed by atoms with Crippen LogP contribution in [0.4, 0.5) is 5.13 Å². The van der Waals surface area contributed by atoms with Gasteiger partial charge in [0.1, 0.15) is 5.75 Å². The average Bonchev–Trinajstić information content (AvgIpc) is 3.18. The maximum Gasteiger partial charge on any atom is 0.313 e. The normalized spacial score (nSPS) is 19.7. The second-order valence-electron chi connectivity index (χ2n) is 7.73. The molecule has 0 radical (unpaired) electrons. The Bertz CT molecular complexity index is 781. The molecule has 0 amide bonds. The van der Waals surface area contributed by atoms with Gasteiger partial charge in [-0.25, -0.2) is 4.98 Å². The number of nitrogens with zero attached hydrogens (tertiary/aromatic N) is 3. The third-order valence-corrected chi connectivity index (χ3v) is 6.41. The molecule has 1 aliphatic rings. The third-order valence-electron chi connectivity index (χ3n) is 5.26. The minimum atomic E-state index is -0.516. The van der Waals surface area contributed by atoms with Crippen molar-refractivity contribution in [2.45, 2.75) is 32.7 Å². The number of para-hydroxylation sites is 1. The molecule has 1 aliphatic heterocycles. The molecule has 1 aromatic carbocycles. The summed E-state index contributed by atoms with van der Waals surface area (Å²) >= 11 is 1.70. The van der Waals surface area contributed by atoms with Gasteiger partial charge in [0.25, 0.3) is 0 Å². The van der Waals surface area contributed by atoms with Crippen molar-refractivity contribution in [2.75, 3.05) is 45.3 Å². The van der Waals surface area contributed by atoms with E-state index in [2.05, 4.69) is 9.88 Å². The summed E-state index contributed by atoms with van der Waals surface area (Å²) in [6, 6.07) is 9.76. The SMILES string of the molecule is CCOC(=O)[C@]1(CCOc2ccccc2)CCCN(Cc2cnc(N(C)C)s2)C1. The highest BCUT2D eigenvalue weighted by molar-refractivity contribution is 7.15. The van der Waals surface area contributed by atoms with Crippen molar-refractivity contribution in [1.29, 1.82) is 0 Å². The van der Waals surface area contributed by atoms with Gasteiger partial charge in [-0.1, -0.05) is 18.2 Å². The Morgan fingerprint density at radius 1 is 1.31 bits per heavy atom. The first kappa shape index (κ1) is 21.6. The summed E-state index contributed by atoms with van der Waals surface area (Å²) in [5, 5.41) is 1.00. The van der Waals surface area contributed by atoms with Gasteiger partial charge in [0.15, 0.2) is 5.13 Å². The minimum Gasteiger partial charge on any atom is -0.494 e. The van der Waals surface area contributed by atoms with Crippen LogP contribution in [0, 0.1) is 5.41 Å². The molecule has 7 heteroatoms. The first-order valence-electron chi connectivity index (χ1n) is 10.2. The van der Waals surface area contributed by atoms with E-state index >= 15 is 0 Å². The number of esters is 1. The number of benzene rings is 1. The number of carbonyl (C=O) groups is 1. The van der Waals surface area contributed by atoms with Crippen LogP contribution in [0.3, 0.4) is 0 Å². The topological polar surface area (TPSA) is 54.9 Å². The molecule has 0 unspecified atom stereocenters. The van der Waals surface area contributed by atoms with Gasteiger partial charge in [-0.05, 0) is 44.9 Å². The van der Waals surface area contributed by atoms with E-state index in [1.165, 1.54) is 4.88 Å². The van der Waals surface area contributed by atoms with Crippen LogP contribution in [-0.4, -0.2) is 56.3 Å². The minimum absolute atomic E-state index is 0.0975. The van der Waals surface area contributed by atoms with Gasteiger partial charge in [-0.2, -0.15) is 0 Å². The van der Waals surface area contributed by atoms with E-state index < -0.39 is 5.41 Å². The van der Waals surface area contributed by atoms with Crippen LogP contribution in [0.5, 0.6) is 5.75 Å². The first-order valence-corrected chi connectivity index (χ1v) is 11.0. The highest BCUT2D eigenvalue weighted by atomic mass is 32.1. The number of likely N-dealkylation sites (tertiary alicyclic amines) is 1. The van der Waals surface area contributed by atoms with Gasteiger partial charge >= 0.3 is 5.97 Å². The van der Waals surface area contributed by atoms with Gasteiger partial charge in [0.2, 0.25) is 0 Å². The van der Waals surface area contributed by atoms with Crippen LogP contribution in [0.15, 0.2) is 36.5 Å². The average molecular weight is 418 g/mol. The first-order chi connectivity index (χ1) is 14.0. The van der Waals surface area contributed by atoms with Crippen molar-refractivity contribution in [2.24, 2.45) is 5.41 Å². The molecule has 2 aromatic rings. The second kappa shape index (κ2) is 10.1. The fraction of sp³-hybridized carbons (Fsp3) is 0.545. The Labute approximate surface area is 177 Å². The van der Waals surface area contributed by atoms with Crippen LogP contribution in [0.25, 0.3) is 0 Å². The molecule has 1 saturated heterocycles. The number of hydrogen-bond acceptors (Lipinski definition) is 7. The number of ether oxygens (including phenoxy) is 2. The number of anilines is 1. The zero-order chi connectivity index (χ0) is 20.7. The Kier molecular flexibility index (Phi) is 7.50. The molecule has 0 saturated carbocycles. The van der Waals surface area contributed by atoms with E-state index in [-0.39, 0.29) is 5.97 Å². The third kappa shape index (κ3) is 5.70. The molecule has 1 aromatic heterocycles. The number of carbonyl (C=O) groups excluding carboxylic acids is 1. The maximum atomic E-state index is 12.9. The lowest BCUT2D eigenvalue weighted by atomic mass is 9.77. The predicted octanol–water partition coefficient (Wildman–Crippen LogP) is 3.82. The number of aromatic nitrogens is 1. The fourth-order valence-electron chi connectivity index (χ4n) is 3.80. The zero-order valence-corrected chi connectivity index (χ0v) is 18.4. The highest BCUT2D eigenvalue weighted by Gasteiger charge is 2.43. The standard InChI is InChI=1S/C22H31N3O3S/c1-4-27-20(26)22(12-14-28-18-9-6-5-7-10-18)11-8-13-25(17-22)16-19-15-23-21(29-19)24(2)3/h5-7,9-10,15H,4,8,11-14,16-17H2,1-3H3/t22-/m0/s1. The smallest absolute Gasteiger partial charge is 0.313 e. The summed E-state index contributed by atoms with van der Waals surface area (Å²) in [5.41, 5.74) is -0.516. The van der Waals surface area contributed by atoms with Gasteiger partial charge < -0.3 is 14.4 Å². The highest BCUT2D eigenvalue weighted by Crippen LogP contribution is 2.36. The molecule has 0 bridgehead atoms. The van der Waals surface area contributed by atoms with Gasteiger partial charge in [-0.3, -0.25) is 9.69 Å². The van der Waals surface area contributed by atoms with Crippen molar-refractivity contribution in [3.63, 3.8) is 0 Å². The summed E-state index contributed by atoms with van der Waals surface area (Å²) in [7, 11) is 4.00. The van der Waals surface area contributed by atoms with Crippen molar-refractivity contribution >= 4 is 22.4 Å². The number of thiazole rings is 1. The number of hydrogen-bond donors (Lipinski definition) is 0. The molecular formula is C22H31N3O3S. The molecule has 0 aliphatic carbocycles. The van der Waals surface area contributed by atoms with Gasteiger partial charge in [-0.15, -0.1) is 11.3 Å². The molecule has 1 fully saturated rings. The van der Waals surface area contributed by atoms with Gasteiger partial charge in [0.05, 0.1) is 18.6 Å². The summed E-state index contributed by atoms with van der Waals surface area (Å²) in [6.45, 7) is 5.26. The molecule has 1 atom stereocenters. The lowest BCUT2D eigenvalue weighted by Gasteiger charge is -2.40. The molecule has 3 rings (SSSR count). The van der Waals surface area contributed by atoms with Crippen molar-refractivity contribution in [1.82, 2.24) is 9.88 Å². The predicted molar refractivity (Wildman–Crippen MR) is 117 cm³/mol. The Morgan fingerprint density at radius 3 is 2.79 bits per heavy atom. The van der Waals surface area contributed by atoms with E-state index in [9.17, 15) is 4.79 Å². The number of rotatable bonds is 9. The Hall–Kier alpha value is -2.12. The quantitative estimate of drug-likeness (QED) is 0.578. The zero-order valence-electron chi connectivity index (χ0n) is 17.6. The van der Waals surface area contributed by atoms with Crippen LogP contribution in [0.2, 0.25) is 0 Å². The van der Waals surface area contributed by atoms with Crippen LogP contribution >= 0.6 is 11.3 Å². The van der Waals surface area contributed by atoms with Crippen molar-refractivity contribution in [3.8, 4) is 5.75 Å². The van der Waals surface area contributed by atoms with E-state index in [4.69, 9.17) is 9.47 Å². The lowest BCUT2D eigenvalue weighted by Crippen LogP contribution is -2.49. The summed E-state index contributed by atoms with van der Waals surface area (Å²) in [6.07, 6.45) is 4.41. The van der Waals surface area contributed by atoms with Crippen LogP contribution in [-0.2, 0) is 16.1 Å². The van der Waals surface area contributed by atoms with E-state index in [0.29, 0.717) is 26.2 Å². The largest absolute Gasteiger partial charge is 0.494 e. The number of piperidine rings is 1. The van der Waals surface area contributed by atoms with E-state index in [0.717, 1.165) is 36.8 Å². The Morgan fingerprint density at radius 2 is 2.10 bits per heavy atom. The van der Waals surface area contributed by atoms with Crippen molar-refractivity contribution in [3.05, 3.63) is 41.4 Å². The van der Waals surface area contributed by atoms with E-state index in [1.54, 1.807) is 11.3 Å². The molecule has 0 spiro atoms. The molecular weight excluding hydrogens is 386 g/mol. The van der Waals surface area contributed by atoms with Crippen LogP contribution in [0.1, 0.15) is 31.1 Å². The summed E-state index contributed by atoms with van der Waals surface area (Å²) in [5.74, 6) is 0.736. The van der Waals surface area contributed by atoms with Gasteiger partial charge in [0, 0.05) is 38.3 Å². The fourth-order valence-corrected chi connectivity index (χ4v) is 4.67. The lowest BCUT2D eigenvalue weighted by molar-refractivity contribution is -0.160. The second-order valence-corrected chi connectivity index (χ2v) is 8.82. The summed E-state index contributed by atoms with van der Waals surface area (Å²) < 4.78 is 11.4. The van der Waals surface area contributed by atoms with E-state index in [1.807, 2.05) is 62.4 Å². The molecule has 29 heavy (non-hydrogen) atoms. The maximum absolute atomic E-state index is 12.9. The molecule has 158 valence electrons. The molecule has 6 nitrogen and oxygen atoms in total. The Balaban J connectivity index is 1.66. The molecule has 2 heterocycles. The van der Waals surface area contributed by atoms with Crippen molar-refractivity contribution < 1.29 is 14.3 Å².